The van der Waals surface area contributed by atoms with Crippen molar-refractivity contribution in [2.24, 2.45) is 0 Å². The summed E-state index contributed by atoms with van der Waals surface area (Å²) in [5.74, 6) is 0.110. The van der Waals surface area contributed by atoms with E-state index in [9.17, 15) is 14.9 Å². The molecule has 0 heterocycles. The molecule has 2 rings (SSSR count). The molecule has 102 valence electrons. The monoisotopic (exact) mass is 351 g/mol. The molecular weight excluding hydrogens is 342 g/mol. The van der Waals surface area contributed by atoms with Crippen LogP contribution in [0, 0.1) is 10.1 Å². The van der Waals surface area contributed by atoms with Gasteiger partial charge in [-0.3, -0.25) is 14.9 Å². The molecule has 0 saturated carbocycles. The van der Waals surface area contributed by atoms with Crippen LogP contribution in [0.2, 0.25) is 0 Å². The number of non-ortho nitro benzene ring substituents is 1. The van der Waals surface area contributed by atoms with Crippen LogP contribution in [0.1, 0.15) is 10.4 Å². The highest BCUT2D eigenvalue weighted by atomic mass is 79.9. The molecular formula is C14H10BrNO3S. The largest absolute Gasteiger partial charge is 0.293 e. The minimum atomic E-state index is -0.502. The summed E-state index contributed by atoms with van der Waals surface area (Å²) in [5, 5.41) is 10.7. The second kappa shape index (κ2) is 6.67. The first-order valence-electron chi connectivity index (χ1n) is 5.73. The molecule has 0 N–H and O–H groups in total. The smallest absolute Gasteiger partial charge is 0.270 e. The van der Waals surface area contributed by atoms with E-state index in [1.165, 1.54) is 30.0 Å². The molecule has 0 radical (unpaired) electrons. The lowest BCUT2D eigenvalue weighted by molar-refractivity contribution is -0.384. The summed E-state index contributed by atoms with van der Waals surface area (Å²) in [6, 6.07) is 13.4. The molecule has 0 aliphatic carbocycles. The Labute approximate surface area is 128 Å². The first-order valence-corrected chi connectivity index (χ1v) is 7.51. The molecule has 4 nitrogen and oxygen atoms in total. The Morgan fingerprint density at radius 3 is 2.65 bits per heavy atom. The average Bonchev–Trinajstić information content (AvgIpc) is 2.46. The number of ketones is 1. The standard InChI is InChI=1S/C14H10BrNO3S/c15-12-6-1-2-7-14(12)20-9-13(17)10-4-3-5-11(8-10)16(18)19/h1-8H,9H2. The second-order valence-electron chi connectivity index (χ2n) is 3.95. The summed E-state index contributed by atoms with van der Waals surface area (Å²) in [5.41, 5.74) is 0.292. The van der Waals surface area contributed by atoms with Crippen molar-refractivity contribution in [3.05, 3.63) is 68.7 Å². The summed E-state index contributed by atoms with van der Waals surface area (Å²) < 4.78 is 0.928. The van der Waals surface area contributed by atoms with E-state index in [0.717, 1.165) is 9.37 Å². The minimum absolute atomic E-state index is 0.0678. The quantitative estimate of drug-likeness (QED) is 0.348. The predicted octanol–water partition coefficient (Wildman–Crippen LogP) is 4.33. The number of hydrogen-bond acceptors (Lipinski definition) is 4. The molecule has 2 aromatic carbocycles. The highest BCUT2D eigenvalue weighted by Crippen LogP contribution is 2.27. The lowest BCUT2D eigenvalue weighted by Crippen LogP contribution is -2.03. The number of benzene rings is 2. The van der Waals surface area contributed by atoms with Crippen molar-refractivity contribution in [1.29, 1.82) is 0 Å². The first kappa shape index (κ1) is 14.7. The van der Waals surface area contributed by atoms with E-state index in [4.69, 9.17) is 0 Å². The Bertz CT molecular complexity index is 660. The highest BCUT2D eigenvalue weighted by Gasteiger charge is 2.12. The third-order valence-corrected chi connectivity index (χ3v) is 4.60. The number of rotatable bonds is 5. The van der Waals surface area contributed by atoms with Crippen molar-refractivity contribution in [2.75, 3.05) is 5.75 Å². The zero-order chi connectivity index (χ0) is 14.5. The summed E-state index contributed by atoms with van der Waals surface area (Å²) in [6.07, 6.45) is 0. The molecule has 2 aromatic rings. The Kier molecular flexibility index (Phi) is 4.92. The topological polar surface area (TPSA) is 60.2 Å². The van der Waals surface area contributed by atoms with E-state index < -0.39 is 4.92 Å². The van der Waals surface area contributed by atoms with Crippen molar-refractivity contribution in [3.8, 4) is 0 Å². The van der Waals surface area contributed by atoms with Crippen LogP contribution in [0.5, 0.6) is 0 Å². The summed E-state index contributed by atoms with van der Waals surface area (Å²) >= 11 is 4.81. The SMILES string of the molecule is O=C(CSc1ccccc1Br)c1cccc([N+](=O)[O-])c1. The fraction of sp³-hybridized carbons (Fsp3) is 0.0714. The number of carbonyl (C=O) groups is 1. The van der Waals surface area contributed by atoms with Crippen LogP contribution in [0.25, 0.3) is 0 Å². The summed E-state index contributed by atoms with van der Waals surface area (Å²) in [4.78, 5) is 23.2. The third-order valence-electron chi connectivity index (χ3n) is 2.57. The van der Waals surface area contributed by atoms with Gasteiger partial charge in [-0.15, -0.1) is 11.8 Å². The van der Waals surface area contributed by atoms with Gasteiger partial charge in [-0.05, 0) is 28.1 Å². The first-order chi connectivity index (χ1) is 9.58. The molecule has 0 aliphatic rings. The molecule has 0 aromatic heterocycles. The van der Waals surface area contributed by atoms with E-state index in [0.29, 0.717) is 5.56 Å². The lowest BCUT2D eigenvalue weighted by Gasteiger charge is -2.03. The van der Waals surface area contributed by atoms with Crippen LogP contribution in [0.15, 0.2) is 57.9 Å². The number of nitro benzene ring substituents is 1. The van der Waals surface area contributed by atoms with Crippen LogP contribution in [0.4, 0.5) is 5.69 Å². The van der Waals surface area contributed by atoms with Crippen molar-refractivity contribution in [1.82, 2.24) is 0 Å². The number of nitrogens with zero attached hydrogens (tertiary/aromatic N) is 1. The van der Waals surface area contributed by atoms with Crippen molar-refractivity contribution in [3.63, 3.8) is 0 Å². The number of thioether (sulfide) groups is 1. The summed E-state index contributed by atoms with van der Waals surface area (Å²) in [6.45, 7) is 0. The van der Waals surface area contributed by atoms with Gasteiger partial charge < -0.3 is 0 Å². The Hall–Kier alpha value is -1.66. The van der Waals surface area contributed by atoms with Gasteiger partial charge in [0.2, 0.25) is 0 Å². The van der Waals surface area contributed by atoms with E-state index in [1.54, 1.807) is 6.07 Å². The van der Waals surface area contributed by atoms with E-state index in [1.807, 2.05) is 24.3 Å². The van der Waals surface area contributed by atoms with E-state index in [-0.39, 0.29) is 17.2 Å². The van der Waals surface area contributed by atoms with Gasteiger partial charge in [-0.25, -0.2) is 0 Å². The lowest BCUT2D eigenvalue weighted by atomic mass is 10.1. The van der Waals surface area contributed by atoms with Gasteiger partial charge in [0.1, 0.15) is 0 Å². The van der Waals surface area contributed by atoms with E-state index >= 15 is 0 Å². The van der Waals surface area contributed by atoms with Gasteiger partial charge in [-0.1, -0.05) is 24.3 Å². The maximum atomic E-state index is 12.0. The third kappa shape index (κ3) is 3.68. The Morgan fingerprint density at radius 1 is 1.20 bits per heavy atom. The maximum absolute atomic E-state index is 12.0. The molecule has 0 unspecified atom stereocenters. The molecule has 0 spiro atoms. The normalized spacial score (nSPS) is 10.2. The zero-order valence-electron chi connectivity index (χ0n) is 10.3. The average molecular weight is 352 g/mol. The number of halogens is 1. The molecule has 0 fully saturated rings. The van der Waals surface area contributed by atoms with Crippen molar-refractivity contribution < 1.29 is 9.72 Å². The molecule has 6 heteroatoms. The van der Waals surface area contributed by atoms with Gasteiger partial charge >= 0.3 is 0 Å². The second-order valence-corrected chi connectivity index (χ2v) is 5.82. The predicted molar refractivity (Wildman–Crippen MR) is 82.3 cm³/mol. The van der Waals surface area contributed by atoms with Gasteiger partial charge in [0, 0.05) is 27.1 Å². The van der Waals surface area contributed by atoms with Crippen LogP contribution in [-0.2, 0) is 0 Å². The molecule has 0 aliphatic heterocycles. The number of hydrogen-bond donors (Lipinski definition) is 0. The van der Waals surface area contributed by atoms with Crippen molar-refractivity contribution >= 4 is 39.2 Å². The molecule has 0 saturated heterocycles. The van der Waals surface area contributed by atoms with Gasteiger partial charge in [0.15, 0.2) is 5.78 Å². The molecule has 20 heavy (non-hydrogen) atoms. The van der Waals surface area contributed by atoms with Crippen molar-refractivity contribution in [2.45, 2.75) is 4.90 Å². The van der Waals surface area contributed by atoms with Crippen LogP contribution in [-0.4, -0.2) is 16.5 Å². The number of nitro groups is 1. The maximum Gasteiger partial charge on any atom is 0.270 e. The fourth-order valence-corrected chi connectivity index (χ4v) is 3.04. The van der Waals surface area contributed by atoms with Gasteiger partial charge in [0.05, 0.1) is 10.7 Å². The fourth-order valence-electron chi connectivity index (χ4n) is 1.58. The van der Waals surface area contributed by atoms with Crippen LogP contribution in [0.3, 0.4) is 0 Å². The molecule has 0 bridgehead atoms. The minimum Gasteiger partial charge on any atom is -0.293 e. The van der Waals surface area contributed by atoms with Crippen LogP contribution < -0.4 is 0 Å². The highest BCUT2D eigenvalue weighted by molar-refractivity contribution is 9.10. The van der Waals surface area contributed by atoms with Gasteiger partial charge in [0.25, 0.3) is 5.69 Å². The molecule has 0 atom stereocenters. The van der Waals surface area contributed by atoms with E-state index in [2.05, 4.69) is 15.9 Å². The van der Waals surface area contributed by atoms with Crippen LogP contribution >= 0.6 is 27.7 Å². The Morgan fingerprint density at radius 2 is 1.95 bits per heavy atom. The zero-order valence-corrected chi connectivity index (χ0v) is 12.7. The van der Waals surface area contributed by atoms with Gasteiger partial charge in [-0.2, -0.15) is 0 Å². The number of Topliss-reactive ketones (excluding diaryl/α,β-unsaturated/α-hetero) is 1. The summed E-state index contributed by atoms with van der Waals surface area (Å²) in [7, 11) is 0. The molecule has 0 amide bonds. The number of carbonyl (C=O) groups excluding carboxylic acids is 1. The Balaban J connectivity index is 2.07.